The summed E-state index contributed by atoms with van der Waals surface area (Å²) in [6.07, 6.45) is 13.2. The van der Waals surface area contributed by atoms with Crippen LogP contribution in [0.15, 0.2) is 0 Å². The maximum absolute atomic E-state index is 9.47. The number of ether oxygens (including phenoxy) is 2. The lowest BCUT2D eigenvalue weighted by atomic mass is 10.1. The number of hydrogen-bond acceptors (Lipinski definition) is 3. The second-order valence-corrected chi connectivity index (χ2v) is 6.16. The van der Waals surface area contributed by atoms with Crippen molar-refractivity contribution in [2.45, 2.75) is 96.4 Å². The molecule has 22 heavy (non-hydrogen) atoms. The number of unbranched alkanes of at least 4 members (excludes halogenated alkanes) is 6. The summed E-state index contributed by atoms with van der Waals surface area (Å²) in [5.74, 6) is 5.99. The normalized spacial score (nSPS) is 19.5. The molecule has 1 heterocycles. The quantitative estimate of drug-likeness (QED) is 0.453. The molecule has 1 aliphatic heterocycles. The van der Waals surface area contributed by atoms with Crippen molar-refractivity contribution in [2.24, 2.45) is 0 Å². The first-order chi connectivity index (χ1) is 10.8. The van der Waals surface area contributed by atoms with E-state index in [4.69, 9.17) is 9.47 Å². The fourth-order valence-corrected chi connectivity index (χ4v) is 2.62. The van der Waals surface area contributed by atoms with Crippen LogP contribution in [0.2, 0.25) is 0 Å². The van der Waals surface area contributed by atoms with Crippen molar-refractivity contribution in [1.29, 1.82) is 0 Å². The molecule has 3 nitrogen and oxygen atoms in total. The predicted octanol–water partition coefficient (Wildman–Crippen LogP) is 4.42. The Hall–Kier alpha value is -0.560. The van der Waals surface area contributed by atoms with E-state index in [1.54, 1.807) is 0 Å². The lowest BCUT2D eigenvalue weighted by Gasteiger charge is -2.22. The second-order valence-electron chi connectivity index (χ2n) is 6.16. The SMILES string of the molecule is CCCC(O)C#CCCCCCCCCOC1CCCCO1. The maximum Gasteiger partial charge on any atom is 0.157 e. The van der Waals surface area contributed by atoms with Crippen LogP contribution < -0.4 is 0 Å². The molecule has 0 saturated carbocycles. The summed E-state index contributed by atoms with van der Waals surface area (Å²) in [7, 11) is 0. The molecule has 1 N–H and O–H groups in total. The summed E-state index contributed by atoms with van der Waals surface area (Å²) in [4.78, 5) is 0. The van der Waals surface area contributed by atoms with Crippen molar-refractivity contribution >= 4 is 0 Å². The lowest BCUT2D eigenvalue weighted by Crippen LogP contribution is -2.22. The van der Waals surface area contributed by atoms with Crippen molar-refractivity contribution in [3.63, 3.8) is 0 Å². The molecule has 1 rings (SSSR count). The van der Waals surface area contributed by atoms with Crippen LogP contribution in [-0.2, 0) is 9.47 Å². The highest BCUT2D eigenvalue weighted by molar-refractivity contribution is 5.04. The molecular formula is C19H34O3. The average molecular weight is 310 g/mol. The van der Waals surface area contributed by atoms with Crippen LogP contribution in [-0.4, -0.2) is 30.7 Å². The van der Waals surface area contributed by atoms with Crippen LogP contribution in [0.1, 0.15) is 84.0 Å². The van der Waals surface area contributed by atoms with Gasteiger partial charge in [-0.2, -0.15) is 0 Å². The smallest absolute Gasteiger partial charge is 0.157 e. The first-order valence-electron chi connectivity index (χ1n) is 9.22. The molecule has 0 radical (unpaired) electrons. The lowest BCUT2D eigenvalue weighted by molar-refractivity contribution is -0.162. The van der Waals surface area contributed by atoms with Crippen molar-refractivity contribution in [3.8, 4) is 11.8 Å². The third-order valence-corrected chi connectivity index (χ3v) is 3.97. The highest BCUT2D eigenvalue weighted by Crippen LogP contribution is 2.14. The summed E-state index contributed by atoms with van der Waals surface area (Å²) in [5.41, 5.74) is 0. The molecule has 0 amide bonds. The Labute approximate surface area is 136 Å². The van der Waals surface area contributed by atoms with Crippen LogP contribution in [0.5, 0.6) is 0 Å². The minimum absolute atomic E-state index is 0.0652. The molecule has 0 aromatic rings. The summed E-state index contributed by atoms with van der Waals surface area (Å²) in [6.45, 7) is 3.77. The zero-order chi connectivity index (χ0) is 15.9. The highest BCUT2D eigenvalue weighted by Gasteiger charge is 2.13. The van der Waals surface area contributed by atoms with E-state index in [-0.39, 0.29) is 6.29 Å². The molecule has 128 valence electrons. The van der Waals surface area contributed by atoms with Gasteiger partial charge in [0.1, 0.15) is 6.10 Å². The van der Waals surface area contributed by atoms with E-state index in [0.29, 0.717) is 0 Å². The van der Waals surface area contributed by atoms with Crippen molar-refractivity contribution < 1.29 is 14.6 Å². The minimum atomic E-state index is -0.418. The average Bonchev–Trinajstić information content (AvgIpc) is 2.54. The molecule has 3 heteroatoms. The van der Waals surface area contributed by atoms with Crippen molar-refractivity contribution in [3.05, 3.63) is 0 Å². The van der Waals surface area contributed by atoms with E-state index >= 15 is 0 Å². The van der Waals surface area contributed by atoms with Crippen LogP contribution in [0.25, 0.3) is 0 Å². The van der Waals surface area contributed by atoms with Gasteiger partial charge in [0.05, 0.1) is 0 Å². The standard InChI is InChI=1S/C19H34O3/c1-2-13-18(20)14-9-7-5-3-4-6-8-11-16-21-19-15-10-12-17-22-19/h18-20H,2-8,10-13,15-17H2,1H3. The van der Waals surface area contributed by atoms with Gasteiger partial charge in [-0.05, 0) is 38.5 Å². The van der Waals surface area contributed by atoms with Gasteiger partial charge in [-0.15, -0.1) is 5.92 Å². The molecule has 0 aliphatic carbocycles. The van der Waals surface area contributed by atoms with E-state index in [1.807, 2.05) is 0 Å². The summed E-state index contributed by atoms with van der Waals surface area (Å²) in [5, 5.41) is 9.47. The molecule has 1 fully saturated rings. The Morgan fingerprint density at radius 3 is 2.64 bits per heavy atom. The Morgan fingerprint density at radius 2 is 1.91 bits per heavy atom. The second kappa shape index (κ2) is 14.1. The van der Waals surface area contributed by atoms with Crippen molar-refractivity contribution in [2.75, 3.05) is 13.2 Å². The third-order valence-electron chi connectivity index (χ3n) is 3.97. The largest absolute Gasteiger partial charge is 0.380 e. The van der Waals surface area contributed by atoms with Gasteiger partial charge in [0, 0.05) is 19.6 Å². The van der Waals surface area contributed by atoms with E-state index in [1.165, 1.54) is 38.5 Å². The zero-order valence-electron chi connectivity index (χ0n) is 14.3. The molecule has 2 atom stereocenters. The first-order valence-corrected chi connectivity index (χ1v) is 9.22. The van der Waals surface area contributed by atoms with Crippen LogP contribution in [0.3, 0.4) is 0 Å². The van der Waals surface area contributed by atoms with E-state index in [2.05, 4.69) is 18.8 Å². The Morgan fingerprint density at radius 1 is 1.14 bits per heavy atom. The van der Waals surface area contributed by atoms with Gasteiger partial charge >= 0.3 is 0 Å². The highest BCUT2D eigenvalue weighted by atomic mass is 16.7. The number of aliphatic hydroxyl groups is 1. The monoisotopic (exact) mass is 310 g/mol. The summed E-state index contributed by atoms with van der Waals surface area (Å²) in [6, 6.07) is 0. The number of rotatable bonds is 11. The topological polar surface area (TPSA) is 38.7 Å². The fraction of sp³-hybridized carbons (Fsp3) is 0.895. The Bertz CT molecular complexity index is 300. The molecular weight excluding hydrogens is 276 g/mol. The van der Waals surface area contributed by atoms with Gasteiger partial charge in [-0.3, -0.25) is 0 Å². The number of hydrogen-bond donors (Lipinski definition) is 1. The molecule has 0 aromatic heterocycles. The van der Waals surface area contributed by atoms with Gasteiger partial charge in [-0.1, -0.05) is 44.9 Å². The van der Waals surface area contributed by atoms with Gasteiger partial charge < -0.3 is 14.6 Å². The minimum Gasteiger partial charge on any atom is -0.380 e. The third kappa shape index (κ3) is 11.1. The summed E-state index contributed by atoms with van der Waals surface area (Å²) >= 11 is 0. The molecule has 1 saturated heterocycles. The molecule has 0 aromatic carbocycles. The van der Waals surface area contributed by atoms with Gasteiger partial charge in [0.15, 0.2) is 6.29 Å². The molecule has 1 aliphatic rings. The van der Waals surface area contributed by atoms with Crippen LogP contribution in [0.4, 0.5) is 0 Å². The van der Waals surface area contributed by atoms with Gasteiger partial charge in [-0.25, -0.2) is 0 Å². The van der Waals surface area contributed by atoms with E-state index < -0.39 is 6.10 Å². The zero-order valence-corrected chi connectivity index (χ0v) is 14.3. The maximum atomic E-state index is 9.47. The molecule has 0 bridgehead atoms. The first kappa shape index (κ1) is 19.5. The van der Waals surface area contributed by atoms with E-state index in [0.717, 1.165) is 51.7 Å². The predicted molar refractivity (Wildman–Crippen MR) is 90.6 cm³/mol. The molecule has 2 unspecified atom stereocenters. The van der Waals surface area contributed by atoms with Gasteiger partial charge in [0.2, 0.25) is 0 Å². The Balaban J connectivity index is 1.79. The van der Waals surface area contributed by atoms with E-state index in [9.17, 15) is 5.11 Å². The van der Waals surface area contributed by atoms with Crippen molar-refractivity contribution in [1.82, 2.24) is 0 Å². The van der Waals surface area contributed by atoms with Crippen LogP contribution >= 0.6 is 0 Å². The summed E-state index contributed by atoms with van der Waals surface area (Å²) < 4.78 is 11.3. The number of aliphatic hydroxyl groups excluding tert-OH is 1. The Kier molecular flexibility index (Phi) is 12.5. The van der Waals surface area contributed by atoms with Gasteiger partial charge in [0.25, 0.3) is 0 Å². The van der Waals surface area contributed by atoms with Crippen LogP contribution in [0, 0.1) is 11.8 Å². The molecule has 0 spiro atoms. The fourth-order valence-electron chi connectivity index (χ4n) is 2.62.